The highest BCUT2D eigenvalue weighted by molar-refractivity contribution is 6.42. The predicted molar refractivity (Wildman–Crippen MR) is 74.3 cm³/mol. The Kier molecular flexibility index (Phi) is 4.82. The Hall–Kier alpha value is -1.07. The van der Waals surface area contributed by atoms with Crippen LogP contribution >= 0.6 is 34.8 Å². The van der Waals surface area contributed by atoms with Crippen LogP contribution in [0.2, 0.25) is 15.2 Å². The fourth-order valence-corrected chi connectivity index (χ4v) is 1.88. The van der Waals surface area contributed by atoms with Gasteiger partial charge in [-0.25, -0.2) is 4.98 Å². The highest BCUT2D eigenvalue weighted by Gasteiger charge is 2.09. The van der Waals surface area contributed by atoms with Crippen molar-refractivity contribution < 1.29 is 9.47 Å². The number of benzene rings is 1. The number of hydrogen-bond acceptors (Lipinski definition) is 4. The van der Waals surface area contributed by atoms with E-state index in [4.69, 9.17) is 44.3 Å². The van der Waals surface area contributed by atoms with Crippen molar-refractivity contribution in [3.8, 4) is 11.6 Å². The molecule has 2 aromatic rings. The molecule has 0 N–H and O–H groups in total. The van der Waals surface area contributed by atoms with Crippen LogP contribution in [0.15, 0.2) is 24.3 Å². The van der Waals surface area contributed by atoms with Crippen LogP contribution in [0.5, 0.6) is 11.6 Å². The van der Waals surface area contributed by atoms with E-state index in [0.717, 1.165) is 0 Å². The number of hydrogen-bond donors (Lipinski definition) is 0. The highest BCUT2D eigenvalue weighted by Crippen LogP contribution is 2.34. The number of rotatable bonds is 4. The molecule has 0 aliphatic heterocycles. The van der Waals surface area contributed by atoms with E-state index in [1.54, 1.807) is 25.3 Å². The van der Waals surface area contributed by atoms with E-state index < -0.39 is 0 Å². The Morgan fingerprint density at radius 2 is 1.95 bits per heavy atom. The van der Waals surface area contributed by atoms with Gasteiger partial charge in [-0.05, 0) is 12.1 Å². The van der Waals surface area contributed by atoms with Gasteiger partial charge < -0.3 is 9.47 Å². The molecule has 0 fully saturated rings. The third-order valence-corrected chi connectivity index (χ3v) is 3.12. The quantitative estimate of drug-likeness (QED) is 0.785. The molecule has 0 saturated heterocycles. The molecule has 2 rings (SSSR count). The Morgan fingerprint density at radius 3 is 2.68 bits per heavy atom. The van der Waals surface area contributed by atoms with Gasteiger partial charge in [0, 0.05) is 13.2 Å². The molecular weight excluding hydrogens is 311 g/mol. The molecule has 1 heterocycles. The number of methoxy groups -OCH3 is 1. The molecule has 0 spiro atoms. The molecule has 19 heavy (non-hydrogen) atoms. The van der Waals surface area contributed by atoms with Gasteiger partial charge in [0.2, 0.25) is 5.88 Å². The first kappa shape index (κ1) is 14.3. The van der Waals surface area contributed by atoms with Gasteiger partial charge in [-0.3, -0.25) is 0 Å². The lowest BCUT2D eigenvalue weighted by molar-refractivity contribution is 0.177. The molecular formula is C12H9Cl3N2O2. The Labute approximate surface area is 125 Å². The van der Waals surface area contributed by atoms with Crippen molar-refractivity contribution in [3.05, 3.63) is 45.3 Å². The van der Waals surface area contributed by atoms with E-state index >= 15 is 0 Å². The molecule has 1 aromatic heterocycles. The standard InChI is InChI=1S/C12H9Cl3N2O2/c1-18-6-10-16-9(14)5-11(17-10)19-8-4-2-3-7(13)12(8)15/h2-5H,6H2,1H3. The van der Waals surface area contributed by atoms with E-state index in [9.17, 15) is 0 Å². The predicted octanol–water partition coefficient (Wildman–Crippen LogP) is 4.38. The molecule has 0 radical (unpaired) electrons. The SMILES string of the molecule is COCc1nc(Cl)cc(Oc2cccc(Cl)c2Cl)n1. The minimum absolute atomic E-state index is 0.236. The van der Waals surface area contributed by atoms with Crippen molar-refractivity contribution >= 4 is 34.8 Å². The third kappa shape index (κ3) is 3.70. The number of ether oxygens (including phenoxy) is 2. The largest absolute Gasteiger partial charge is 0.437 e. The van der Waals surface area contributed by atoms with Gasteiger partial charge in [0.25, 0.3) is 0 Å². The zero-order chi connectivity index (χ0) is 13.8. The van der Waals surface area contributed by atoms with Gasteiger partial charge in [0.1, 0.15) is 22.5 Å². The zero-order valence-corrected chi connectivity index (χ0v) is 12.1. The van der Waals surface area contributed by atoms with Crippen LogP contribution in [0, 0.1) is 0 Å². The maximum absolute atomic E-state index is 6.03. The van der Waals surface area contributed by atoms with Crippen LogP contribution < -0.4 is 4.74 Å². The lowest BCUT2D eigenvalue weighted by Gasteiger charge is -2.08. The highest BCUT2D eigenvalue weighted by atomic mass is 35.5. The maximum Gasteiger partial charge on any atom is 0.224 e. The molecule has 4 nitrogen and oxygen atoms in total. The van der Waals surface area contributed by atoms with E-state index in [2.05, 4.69) is 9.97 Å². The monoisotopic (exact) mass is 318 g/mol. The van der Waals surface area contributed by atoms with Gasteiger partial charge in [-0.15, -0.1) is 0 Å². The smallest absolute Gasteiger partial charge is 0.224 e. The van der Waals surface area contributed by atoms with Gasteiger partial charge in [-0.1, -0.05) is 40.9 Å². The zero-order valence-electron chi connectivity index (χ0n) is 9.86. The topological polar surface area (TPSA) is 44.2 Å². The van der Waals surface area contributed by atoms with Crippen LogP contribution in [-0.4, -0.2) is 17.1 Å². The normalized spacial score (nSPS) is 10.5. The minimum Gasteiger partial charge on any atom is -0.437 e. The van der Waals surface area contributed by atoms with Gasteiger partial charge in [0.05, 0.1) is 5.02 Å². The van der Waals surface area contributed by atoms with E-state index in [0.29, 0.717) is 21.6 Å². The van der Waals surface area contributed by atoms with Crippen molar-refractivity contribution in [1.29, 1.82) is 0 Å². The number of nitrogens with zero attached hydrogens (tertiary/aromatic N) is 2. The van der Waals surface area contributed by atoms with Crippen molar-refractivity contribution in [2.24, 2.45) is 0 Å². The summed E-state index contributed by atoms with van der Waals surface area (Å²) in [5.74, 6) is 1.09. The molecule has 7 heteroatoms. The second-order valence-electron chi connectivity index (χ2n) is 3.53. The Morgan fingerprint density at radius 1 is 1.16 bits per heavy atom. The minimum atomic E-state index is 0.236. The molecule has 0 saturated carbocycles. The van der Waals surface area contributed by atoms with Crippen molar-refractivity contribution in [2.45, 2.75) is 6.61 Å². The summed E-state index contributed by atoms with van der Waals surface area (Å²) < 4.78 is 10.5. The average Bonchev–Trinajstić information content (AvgIpc) is 2.35. The molecule has 0 unspecified atom stereocenters. The lowest BCUT2D eigenvalue weighted by atomic mass is 10.3. The molecule has 0 atom stereocenters. The summed E-state index contributed by atoms with van der Waals surface area (Å²) in [5.41, 5.74) is 0. The van der Waals surface area contributed by atoms with Crippen LogP contribution in [-0.2, 0) is 11.3 Å². The second-order valence-corrected chi connectivity index (χ2v) is 4.70. The summed E-state index contributed by atoms with van der Waals surface area (Å²) in [6, 6.07) is 6.56. The first-order valence-electron chi connectivity index (χ1n) is 5.24. The van der Waals surface area contributed by atoms with Gasteiger partial charge >= 0.3 is 0 Å². The Balaban J connectivity index is 2.30. The van der Waals surface area contributed by atoms with Crippen molar-refractivity contribution in [2.75, 3.05) is 7.11 Å². The van der Waals surface area contributed by atoms with Crippen LogP contribution in [0.4, 0.5) is 0 Å². The lowest BCUT2D eigenvalue weighted by Crippen LogP contribution is -1.99. The van der Waals surface area contributed by atoms with E-state index in [-0.39, 0.29) is 17.6 Å². The maximum atomic E-state index is 6.03. The van der Waals surface area contributed by atoms with Gasteiger partial charge in [-0.2, -0.15) is 4.98 Å². The second kappa shape index (κ2) is 6.39. The molecule has 0 amide bonds. The summed E-state index contributed by atoms with van der Waals surface area (Å²) in [6.07, 6.45) is 0. The summed E-state index contributed by atoms with van der Waals surface area (Å²) in [5, 5.41) is 0.971. The van der Waals surface area contributed by atoms with Crippen molar-refractivity contribution in [3.63, 3.8) is 0 Å². The first-order valence-corrected chi connectivity index (χ1v) is 6.38. The number of aromatic nitrogens is 2. The van der Waals surface area contributed by atoms with Crippen LogP contribution in [0.1, 0.15) is 5.82 Å². The molecule has 0 bridgehead atoms. The van der Waals surface area contributed by atoms with E-state index in [1.807, 2.05) is 0 Å². The molecule has 1 aromatic carbocycles. The molecule has 100 valence electrons. The van der Waals surface area contributed by atoms with Crippen molar-refractivity contribution in [1.82, 2.24) is 9.97 Å². The van der Waals surface area contributed by atoms with Crippen LogP contribution in [0.3, 0.4) is 0 Å². The summed E-state index contributed by atoms with van der Waals surface area (Å²) in [6.45, 7) is 0.236. The summed E-state index contributed by atoms with van der Waals surface area (Å²) in [7, 11) is 1.54. The summed E-state index contributed by atoms with van der Waals surface area (Å²) >= 11 is 17.8. The van der Waals surface area contributed by atoms with E-state index in [1.165, 1.54) is 6.07 Å². The fraction of sp³-hybridized carbons (Fsp3) is 0.167. The number of halogens is 3. The Bertz CT molecular complexity index is 593. The summed E-state index contributed by atoms with van der Waals surface area (Å²) in [4.78, 5) is 8.14. The first-order chi connectivity index (χ1) is 9.10. The third-order valence-electron chi connectivity index (χ3n) is 2.12. The molecule has 0 aliphatic rings. The molecule has 0 aliphatic carbocycles. The average molecular weight is 320 g/mol. The van der Waals surface area contributed by atoms with Gasteiger partial charge in [0.15, 0.2) is 5.82 Å². The fourth-order valence-electron chi connectivity index (χ4n) is 1.36. The van der Waals surface area contributed by atoms with Crippen LogP contribution in [0.25, 0.3) is 0 Å².